The molecule has 1 N–H and O–H groups in total. The zero-order valence-electron chi connectivity index (χ0n) is 2.99. The molecule has 5 heavy (non-hydrogen) atoms. The number of hydrogen-bond acceptors (Lipinski definition) is 2. The van der Waals surface area contributed by atoms with E-state index in [1.807, 2.05) is 6.92 Å². The van der Waals surface area contributed by atoms with Gasteiger partial charge in [0, 0.05) is 0 Å². The van der Waals surface area contributed by atoms with Crippen LogP contribution in [0.4, 0.5) is 0 Å². The molecule has 0 aromatic rings. The Hall–Kier alpha value is 0.266. The second-order valence-electron chi connectivity index (χ2n) is 0.586. The van der Waals surface area contributed by atoms with Crippen molar-refractivity contribution in [3.05, 3.63) is 0 Å². The Morgan fingerprint density at radius 3 is 2.60 bits per heavy atom. The van der Waals surface area contributed by atoms with E-state index < -0.39 is 0 Å². The Bertz CT molecular complexity index is 28.8. The van der Waals surface area contributed by atoms with Crippen molar-refractivity contribution in [3.8, 4) is 0 Å². The van der Waals surface area contributed by atoms with E-state index in [-0.39, 0.29) is 0 Å². The summed E-state index contributed by atoms with van der Waals surface area (Å²) in [6, 6.07) is 0. The van der Waals surface area contributed by atoms with Crippen molar-refractivity contribution in [2.75, 3.05) is 6.54 Å². The Balaban J connectivity index is 2.40. The molecule has 0 saturated heterocycles. The van der Waals surface area contributed by atoms with Gasteiger partial charge in [0.1, 0.15) is 0 Å². The predicted molar refractivity (Wildman–Crippen MR) is 16.1 cm³/mol. The number of nitrogens with zero attached hydrogens (tertiary/aromatic N) is 1. The number of hydrogen-bond donors (Lipinski definition) is 1. The average molecular weight is 117 g/mol. The quantitative estimate of drug-likeness (QED) is 0.515. The molecule has 0 heterocycles. The molecule has 0 aromatic carbocycles. The Kier molecular flexibility index (Phi) is 4.49. The summed E-state index contributed by atoms with van der Waals surface area (Å²) >= 11 is 3.56. The van der Waals surface area contributed by atoms with Crippen LogP contribution in [0.1, 0.15) is 6.92 Å². The van der Waals surface area contributed by atoms with Crippen LogP contribution in [-0.4, -0.2) is 6.54 Å². The standard InChI is InChI=1S/C2H6N2.Co/c1-2-4-3;/h4H,2H2,1H3;. The topological polar surface area (TPSA) is 24.4 Å². The van der Waals surface area contributed by atoms with E-state index >= 15 is 0 Å². The van der Waals surface area contributed by atoms with Gasteiger partial charge in [-0.05, 0) is 0 Å². The molecule has 0 saturated carbocycles. The fourth-order valence-corrected chi connectivity index (χ4v) is 0.217. The van der Waals surface area contributed by atoms with Gasteiger partial charge in [0.25, 0.3) is 0 Å². The van der Waals surface area contributed by atoms with Crippen LogP contribution in [0.2, 0.25) is 0 Å². The third-order valence-corrected chi connectivity index (χ3v) is 0.375. The van der Waals surface area contributed by atoms with Gasteiger partial charge in [0.2, 0.25) is 0 Å². The van der Waals surface area contributed by atoms with Gasteiger partial charge in [-0.1, -0.05) is 0 Å². The van der Waals surface area contributed by atoms with Gasteiger partial charge in [-0.3, -0.25) is 0 Å². The van der Waals surface area contributed by atoms with E-state index in [4.69, 9.17) is 0 Å². The first-order chi connectivity index (χ1) is 2.41. The maximum absolute atomic E-state index is 3.56. The fraction of sp³-hybridized carbons (Fsp3) is 1.00. The summed E-state index contributed by atoms with van der Waals surface area (Å²) in [6.07, 6.45) is 0. The Labute approximate surface area is 39.3 Å². The van der Waals surface area contributed by atoms with Gasteiger partial charge in [-0.2, -0.15) is 0 Å². The molecule has 0 radical (unpaired) electrons. The van der Waals surface area contributed by atoms with Crippen molar-refractivity contribution in [2.24, 2.45) is 4.10 Å². The van der Waals surface area contributed by atoms with Crippen LogP contribution in [0.25, 0.3) is 0 Å². The molecule has 0 aliphatic rings. The molecule has 0 aromatic heterocycles. The molecule has 0 amide bonds. The third-order valence-electron chi connectivity index (χ3n) is 0.211. The van der Waals surface area contributed by atoms with Gasteiger partial charge in [0.05, 0.1) is 0 Å². The molecular weight excluding hydrogens is 111 g/mol. The molecule has 2 nitrogen and oxygen atoms in total. The van der Waals surface area contributed by atoms with Crippen molar-refractivity contribution in [1.29, 1.82) is 0 Å². The first kappa shape index (κ1) is 5.27. The second kappa shape index (κ2) is 4.27. The van der Waals surface area contributed by atoms with Crippen LogP contribution in [0.5, 0.6) is 0 Å². The van der Waals surface area contributed by atoms with Crippen molar-refractivity contribution in [2.45, 2.75) is 6.92 Å². The average Bonchev–Trinajstić information content (AvgIpc) is 1.41. The second-order valence-corrected chi connectivity index (χ2v) is 0.819. The normalized spacial score (nSPS) is 7.60. The maximum atomic E-state index is 3.56. The summed E-state index contributed by atoms with van der Waals surface area (Å²) in [5, 5.41) is 0. The van der Waals surface area contributed by atoms with E-state index in [0.29, 0.717) is 0 Å². The van der Waals surface area contributed by atoms with E-state index in [1.165, 1.54) is 0 Å². The van der Waals surface area contributed by atoms with Gasteiger partial charge < -0.3 is 0 Å². The molecule has 33 valence electrons. The summed E-state index contributed by atoms with van der Waals surface area (Å²) in [6.45, 7) is 2.81. The molecule has 0 rings (SSSR count). The van der Waals surface area contributed by atoms with Crippen LogP contribution >= 0.6 is 0 Å². The van der Waals surface area contributed by atoms with Crippen LogP contribution in [0.3, 0.4) is 0 Å². The Morgan fingerprint density at radius 1 is 2.00 bits per heavy atom. The molecule has 0 aliphatic heterocycles. The molecule has 0 aliphatic carbocycles. The predicted octanol–water partition coefficient (Wildman–Crippen LogP) is 0.241. The Morgan fingerprint density at radius 2 is 2.60 bits per heavy atom. The molecular formula is C2H6CoN2. The number of rotatable bonds is 2. The van der Waals surface area contributed by atoms with E-state index in [0.717, 1.165) is 6.54 Å². The third kappa shape index (κ3) is 4.27. The van der Waals surface area contributed by atoms with Crippen LogP contribution < -0.4 is 5.43 Å². The van der Waals surface area contributed by atoms with Crippen molar-refractivity contribution < 1.29 is 15.5 Å². The fourth-order valence-electron chi connectivity index (χ4n) is 0.0527. The van der Waals surface area contributed by atoms with E-state index in [2.05, 4.69) is 25.1 Å². The summed E-state index contributed by atoms with van der Waals surface area (Å²) in [4.78, 5) is 0. The van der Waals surface area contributed by atoms with Crippen molar-refractivity contribution >= 4 is 0 Å². The van der Waals surface area contributed by atoms with Gasteiger partial charge >= 0.3 is 38.5 Å². The minimum atomic E-state index is 0.849. The van der Waals surface area contributed by atoms with E-state index in [1.54, 1.807) is 0 Å². The molecule has 3 heteroatoms. The van der Waals surface area contributed by atoms with Crippen molar-refractivity contribution in [1.82, 2.24) is 5.43 Å². The molecule has 0 bridgehead atoms. The molecule has 0 unspecified atom stereocenters. The van der Waals surface area contributed by atoms with Crippen molar-refractivity contribution in [3.63, 3.8) is 0 Å². The first-order valence-electron chi connectivity index (χ1n) is 1.43. The van der Waals surface area contributed by atoms with Gasteiger partial charge in [-0.25, -0.2) is 0 Å². The molecule has 0 atom stereocenters. The molecule has 0 spiro atoms. The SMILES string of the molecule is CCN[N]=[Co]. The summed E-state index contributed by atoms with van der Waals surface area (Å²) in [5.41, 5.74) is 2.60. The van der Waals surface area contributed by atoms with Crippen LogP contribution in [0.15, 0.2) is 4.10 Å². The summed E-state index contributed by atoms with van der Waals surface area (Å²) < 4.78 is 3.29. The summed E-state index contributed by atoms with van der Waals surface area (Å²) in [7, 11) is 0. The van der Waals surface area contributed by atoms with Gasteiger partial charge in [0.15, 0.2) is 0 Å². The monoisotopic (exact) mass is 117 g/mol. The van der Waals surface area contributed by atoms with Gasteiger partial charge in [-0.15, -0.1) is 0 Å². The zero-order valence-corrected chi connectivity index (χ0v) is 4.03. The minimum absolute atomic E-state index is 0.849. The first-order valence-corrected chi connectivity index (χ1v) is 1.90. The zero-order chi connectivity index (χ0) is 4.12. The van der Waals surface area contributed by atoms with E-state index in [9.17, 15) is 0 Å². The van der Waals surface area contributed by atoms with Crippen LogP contribution in [0, 0.1) is 0 Å². The molecule has 0 fully saturated rings. The number of nitrogens with one attached hydrogen (secondary N) is 1. The summed E-state index contributed by atoms with van der Waals surface area (Å²) in [5.74, 6) is 0. The van der Waals surface area contributed by atoms with Crippen LogP contribution in [-0.2, 0) is 15.5 Å².